The van der Waals surface area contributed by atoms with Crippen LogP contribution in [0, 0.1) is 0 Å². The van der Waals surface area contributed by atoms with Gasteiger partial charge in [0, 0.05) is 49.2 Å². The van der Waals surface area contributed by atoms with E-state index in [4.69, 9.17) is 4.98 Å². The Kier molecular flexibility index (Phi) is 6.11. The van der Waals surface area contributed by atoms with E-state index >= 15 is 0 Å². The number of benzene rings is 1. The molecule has 8 heteroatoms. The van der Waals surface area contributed by atoms with E-state index in [9.17, 15) is 4.79 Å². The van der Waals surface area contributed by atoms with E-state index in [1.807, 2.05) is 53.0 Å². The summed E-state index contributed by atoms with van der Waals surface area (Å²) in [6.07, 6.45) is 7.20. The molecule has 1 amide bonds. The average Bonchev–Trinajstić information content (AvgIpc) is 3.27. The molecular formula is C25H31N7O. The predicted octanol–water partition coefficient (Wildman–Crippen LogP) is 3.02. The molecule has 0 saturated carbocycles. The number of fused-ring (bicyclic) bond motifs is 1. The molecule has 0 bridgehead atoms. The molecule has 2 aliphatic heterocycles. The summed E-state index contributed by atoms with van der Waals surface area (Å²) in [5, 5.41) is 11.2. The topological polar surface area (TPSA) is 77.8 Å². The monoisotopic (exact) mass is 445 g/mol. The van der Waals surface area contributed by atoms with Gasteiger partial charge >= 0.3 is 0 Å². The van der Waals surface area contributed by atoms with Crippen LogP contribution < -0.4 is 10.6 Å². The smallest absolute Gasteiger partial charge is 0.253 e. The average molecular weight is 446 g/mol. The zero-order chi connectivity index (χ0) is 22.8. The number of anilines is 2. The molecule has 0 unspecified atom stereocenters. The minimum absolute atomic E-state index is 0.0651. The molecule has 1 fully saturated rings. The molecule has 0 radical (unpaired) electrons. The third-order valence-electron chi connectivity index (χ3n) is 6.69. The normalized spacial score (nSPS) is 17.7. The van der Waals surface area contributed by atoms with Crippen molar-refractivity contribution in [3.63, 3.8) is 0 Å². The van der Waals surface area contributed by atoms with E-state index in [1.54, 1.807) is 0 Å². The number of hydrogen-bond donors (Lipinski definition) is 2. The van der Waals surface area contributed by atoms with Crippen LogP contribution in [-0.4, -0.2) is 76.6 Å². The van der Waals surface area contributed by atoms with Crippen LogP contribution in [0.15, 0.2) is 48.7 Å². The van der Waals surface area contributed by atoms with Gasteiger partial charge in [0.1, 0.15) is 0 Å². The number of rotatable bonds is 5. The Hall–Kier alpha value is -3.23. The van der Waals surface area contributed by atoms with Crippen LogP contribution >= 0.6 is 0 Å². The van der Waals surface area contributed by atoms with Crippen molar-refractivity contribution in [3.05, 3.63) is 59.8 Å². The molecule has 2 aliphatic rings. The number of nitrogens with zero attached hydrogens (tertiary/aromatic N) is 5. The van der Waals surface area contributed by atoms with Crippen LogP contribution in [-0.2, 0) is 0 Å². The van der Waals surface area contributed by atoms with Gasteiger partial charge < -0.3 is 20.4 Å². The first-order chi connectivity index (χ1) is 16.1. The molecule has 1 aromatic carbocycles. The van der Waals surface area contributed by atoms with E-state index in [-0.39, 0.29) is 5.91 Å². The molecule has 2 N–H and O–H groups in total. The SMILES string of the molecule is CN1CC=C(c2cccn3nc(Nc4ccc(C(=O)N(C)C5CCNCC5)cc4)nc23)CC1. The molecule has 1 saturated heterocycles. The number of amides is 1. The maximum Gasteiger partial charge on any atom is 0.253 e. The minimum Gasteiger partial charge on any atom is -0.339 e. The summed E-state index contributed by atoms with van der Waals surface area (Å²) in [7, 11) is 4.04. The molecule has 0 atom stereocenters. The van der Waals surface area contributed by atoms with E-state index in [0.717, 1.165) is 62.3 Å². The summed E-state index contributed by atoms with van der Waals surface area (Å²) in [5.41, 5.74) is 4.85. The van der Waals surface area contributed by atoms with Crippen molar-refractivity contribution in [3.8, 4) is 0 Å². The van der Waals surface area contributed by atoms with E-state index in [0.29, 0.717) is 17.6 Å². The van der Waals surface area contributed by atoms with Crippen molar-refractivity contribution in [2.45, 2.75) is 25.3 Å². The van der Waals surface area contributed by atoms with E-state index in [1.165, 1.54) is 5.57 Å². The quantitative estimate of drug-likeness (QED) is 0.629. The highest BCUT2D eigenvalue weighted by Gasteiger charge is 2.23. The Balaban J connectivity index is 1.31. The molecule has 4 heterocycles. The minimum atomic E-state index is 0.0651. The second kappa shape index (κ2) is 9.33. The Morgan fingerprint density at radius 2 is 1.97 bits per heavy atom. The summed E-state index contributed by atoms with van der Waals surface area (Å²) >= 11 is 0. The van der Waals surface area contributed by atoms with Crippen LogP contribution in [0.25, 0.3) is 11.2 Å². The molecular weight excluding hydrogens is 414 g/mol. The van der Waals surface area contributed by atoms with Crippen molar-refractivity contribution in [1.82, 2.24) is 29.7 Å². The van der Waals surface area contributed by atoms with Gasteiger partial charge in [0.05, 0.1) is 0 Å². The summed E-state index contributed by atoms with van der Waals surface area (Å²) < 4.78 is 1.82. The second-order valence-corrected chi connectivity index (χ2v) is 8.97. The maximum atomic E-state index is 12.9. The third kappa shape index (κ3) is 4.62. The molecule has 0 spiro atoms. The summed E-state index contributed by atoms with van der Waals surface area (Å²) in [6, 6.07) is 12.0. The molecule has 33 heavy (non-hydrogen) atoms. The Bertz CT molecular complexity index is 1160. The van der Waals surface area contributed by atoms with Crippen molar-refractivity contribution in [1.29, 1.82) is 0 Å². The van der Waals surface area contributed by atoms with E-state index in [2.05, 4.69) is 39.8 Å². The van der Waals surface area contributed by atoms with Crippen molar-refractivity contribution in [2.24, 2.45) is 0 Å². The first kappa shape index (κ1) is 21.6. The largest absolute Gasteiger partial charge is 0.339 e. The standard InChI is InChI=1S/C25H31N7O/c1-30-16-11-18(12-17-30)22-4-3-15-32-23(22)28-25(29-32)27-20-7-5-19(6-8-20)24(33)31(2)21-9-13-26-14-10-21/h3-8,11,15,21,26H,9-10,12-14,16-17H2,1-2H3,(H,27,29). The summed E-state index contributed by atoms with van der Waals surface area (Å²) in [4.78, 5) is 21.8. The number of pyridine rings is 1. The van der Waals surface area contributed by atoms with Gasteiger partial charge in [-0.1, -0.05) is 6.08 Å². The maximum absolute atomic E-state index is 12.9. The van der Waals surface area contributed by atoms with Gasteiger partial charge in [-0.15, -0.1) is 5.10 Å². The Labute approximate surface area is 194 Å². The highest BCUT2D eigenvalue weighted by molar-refractivity contribution is 5.94. The number of hydrogen-bond acceptors (Lipinski definition) is 6. The van der Waals surface area contributed by atoms with Gasteiger partial charge in [-0.2, -0.15) is 4.98 Å². The summed E-state index contributed by atoms with van der Waals surface area (Å²) in [5.74, 6) is 0.609. The fourth-order valence-corrected chi connectivity index (χ4v) is 4.61. The highest BCUT2D eigenvalue weighted by Crippen LogP contribution is 2.26. The van der Waals surface area contributed by atoms with Crippen LogP contribution in [0.4, 0.5) is 11.6 Å². The highest BCUT2D eigenvalue weighted by atomic mass is 16.2. The number of piperidine rings is 1. The second-order valence-electron chi connectivity index (χ2n) is 8.97. The van der Waals surface area contributed by atoms with Crippen LogP contribution in [0.2, 0.25) is 0 Å². The lowest BCUT2D eigenvalue weighted by atomic mass is 10.0. The first-order valence-electron chi connectivity index (χ1n) is 11.7. The van der Waals surface area contributed by atoms with Gasteiger partial charge in [-0.05, 0) is 81.4 Å². The Morgan fingerprint density at radius 3 is 2.70 bits per heavy atom. The Morgan fingerprint density at radius 1 is 1.18 bits per heavy atom. The fourth-order valence-electron chi connectivity index (χ4n) is 4.61. The third-order valence-corrected chi connectivity index (χ3v) is 6.69. The van der Waals surface area contributed by atoms with Crippen molar-refractivity contribution >= 4 is 28.8 Å². The van der Waals surface area contributed by atoms with Gasteiger partial charge in [-0.3, -0.25) is 4.79 Å². The molecule has 5 rings (SSSR count). The van der Waals surface area contributed by atoms with Crippen LogP contribution in [0.1, 0.15) is 35.2 Å². The molecule has 3 aromatic rings. The van der Waals surface area contributed by atoms with Crippen molar-refractivity contribution < 1.29 is 4.79 Å². The van der Waals surface area contributed by atoms with Gasteiger partial charge in [-0.25, -0.2) is 4.52 Å². The zero-order valence-electron chi connectivity index (χ0n) is 19.3. The predicted molar refractivity (Wildman–Crippen MR) is 131 cm³/mol. The lowest BCUT2D eigenvalue weighted by molar-refractivity contribution is 0.0703. The van der Waals surface area contributed by atoms with E-state index < -0.39 is 0 Å². The van der Waals surface area contributed by atoms with Crippen LogP contribution in [0.5, 0.6) is 0 Å². The fraction of sp³-hybridized carbons (Fsp3) is 0.400. The molecule has 2 aromatic heterocycles. The van der Waals surface area contributed by atoms with Gasteiger partial charge in [0.25, 0.3) is 5.91 Å². The molecule has 0 aliphatic carbocycles. The number of aromatic nitrogens is 3. The van der Waals surface area contributed by atoms with Gasteiger partial charge in [0.15, 0.2) is 5.65 Å². The van der Waals surface area contributed by atoms with Crippen molar-refractivity contribution in [2.75, 3.05) is 45.6 Å². The number of likely N-dealkylation sites (N-methyl/N-ethyl adjacent to an activating group) is 1. The lowest BCUT2D eigenvalue weighted by Gasteiger charge is -2.31. The summed E-state index contributed by atoms with van der Waals surface area (Å²) in [6.45, 7) is 3.93. The zero-order valence-corrected chi connectivity index (χ0v) is 19.3. The number of nitrogens with one attached hydrogen (secondary N) is 2. The molecule has 172 valence electrons. The molecule has 8 nitrogen and oxygen atoms in total. The number of carbonyl (C=O) groups excluding carboxylic acids is 1. The lowest BCUT2D eigenvalue weighted by Crippen LogP contribution is -2.43. The van der Waals surface area contributed by atoms with Crippen LogP contribution in [0.3, 0.4) is 0 Å². The first-order valence-corrected chi connectivity index (χ1v) is 11.7. The number of carbonyl (C=O) groups is 1. The van der Waals surface area contributed by atoms with Gasteiger partial charge in [0.2, 0.25) is 5.95 Å².